The molecule has 0 spiro atoms. The van der Waals surface area contributed by atoms with Crippen LogP contribution in [0, 0.1) is 0 Å². The second-order valence-electron chi connectivity index (χ2n) is 12.9. The standard InChI is InChI=1S/C36H41F6N5O7S/c1-3-7-27-34(54-23-20-28(55-22-23)36(40,41)42,33(51)46-16-14-45(15-17-46)25-8-4-5-9-26(25)52-19-18-48)11-6-13-47(27)32(50)30-24(35(37,38)39)10-12-44-31(30)53-21-29(49)43-2/h4-5,8-10,12,20,22,27,48H,3,6-7,11,13-19,21H2,1-2H3,(H,43,49)/t27-,34+/m1/s1. The van der Waals surface area contributed by atoms with Crippen LogP contribution in [-0.2, 0) is 21.9 Å². The molecular formula is C36H41F6N5O7S. The zero-order valence-electron chi connectivity index (χ0n) is 30.0. The van der Waals surface area contributed by atoms with Crippen LogP contribution < -0.4 is 24.4 Å². The quantitative estimate of drug-likeness (QED) is 0.223. The van der Waals surface area contributed by atoms with Crippen molar-refractivity contribution in [3.8, 4) is 17.4 Å². The van der Waals surface area contributed by atoms with Crippen LogP contribution in [0.5, 0.6) is 17.4 Å². The fourth-order valence-corrected chi connectivity index (χ4v) is 7.57. The van der Waals surface area contributed by atoms with Crippen LogP contribution in [0.2, 0.25) is 0 Å². The molecule has 2 aromatic heterocycles. The number of para-hydroxylation sites is 2. The highest BCUT2D eigenvalue weighted by Gasteiger charge is 2.56. The summed E-state index contributed by atoms with van der Waals surface area (Å²) >= 11 is 0.359. The number of carbonyl (C=O) groups excluding carboxylic acids is 3. The molecule has 0 unspecified atom stereocenters. The molecule has 2 atom stereocenters. The maximum atomic E-state index is 14.9. The van der Waals surface area contributed by atoms with Gasteiger partial charge in [0, 0.05) is 63.8 Å². The lowest BCUT2D eigenvalue weighted by molar-refractivity contribution is -0.159. The number of piperazine rings is 1. The van der Waals surface area contributed by atoms with E-state index in [-0.39, 0.29) is 57.9 Å². The van der Waals surface area contributed by atoms with Crippen LogP contribution in [0.3, 0.4) is 0 Å². The Balaban J connectivity index is 1.54. The summed E-state index contributed by atoms with van der Waals surface area (Å²) in [5.74, 6) is -3.04. The normalized spacial score (nSPS) is 19.2. The number of benzene rings is 1. The van der Waals surface area contributed by atoms with E-state index in [0.717, 1.165) is 28.2 Å². The first-order chi connectivity index (χ1) is 26.1. The zero-order chi connectivity index (χ0) is 40.0. The molecule has 12 nitrogen and oxygen atoms in total. The van der Waals surface area contributed by atoms with Crippen LogP contribution in [0.1, 0.15) is 53.4 Å². The van der Waals surface area contributed by atoms with Gasteiger partial charge in [0.15, 0.2) is 6.61 Å². The molecule has 0 bridgehead atoms. The van der Waals surface area contributed by atoms with Crippen molar-refractivity contribution in [2.45, 2.75) is 56.6 Å². The third-order valence-electron chi connectivity index (χ3n) is 9.38. The Hall–Kier alpha value is -4.78. The fraction of sp³-hybridized carbons (Fsp3) is 0.500. The molecule has 0 radical (unpaired) electrons. The number of carbonyl (C=O) groups is 3. The fourth-order valence-electron chi connectivity index (χ4n) is 6.89. The third kappa shape index (κ3) is 9.20. The second kappa shape index (κ2) is 17.3. The number of rotatable bonds is 13. The van der Waals surface area contributed by atoms with E-state index in [0.29, 0.717) is 42.7 Å². The van der Waals surface area contributed by atoms with Crippen molar-refractivity contribution in [1.82, 2.24) is 20.1 Å². The van der Waals surface area contributed by atoms with Crippen molar-refractivity contribution in [2.75, 3.05) is 64.5 Å². The van der Waals surface area contributed by atoms with Gasteiger partial charge in [0.2, 0.25) is 11.5 Å². The molecule has 2 N–H and O–H groups in total. The number of ether oxygens (including phenoxy) is 3. The van der Waals surface area contributed by atoms with Crippen molar-refractivity contribution in [2.24, 2.45) is 0 Å². The molecule has 3 aromatic rings. The predicted octanol–water partition coefficient (Wildman–Crippen LogP) is 5.25. The minimum atomic E-state index is -5.06. The molecule has 0 aliphatic carbocycles. The molecule has 2 fully saturated rings. The smallest absolute Gasteiger partial charge is 0.425 e. The molecule has 0 saturated carbocycles. The number of nitrogens with one attached hydrogen (secondary N) is 1. The van der Waals surface area contributed by atoms with E-state index in [1.54, 1.807) is 19.1 Å². The number of aliphatic hydroxyl groups excluding tert-OH is 1. The van der Waals surface area contributed by atoms with Crippen LogP contribution in [0.15, 0.2) is 48.0 Å². The van der Waals surface area contributed by atoms with Crippen LogP contribution in [-0.4, -0.2) is 109 Å². The Morgan fingerprint density at radius 2 is 1.75 bits per heavy atom. The SMILES string of the molecule is CCC[C@H]1N(C(=O)c2c(C(F)(F)F)ccnc2OCC(=O)NC)CCC[C@@]1(Oc1csc(C(F)(F)F)c1)C(=O)N1CCN(c2ccccc2OCCO)CC1. The van der Waals surface area contributed by atoms with Gasteiger partial charge < -0.3 is 39.3 Å². The number of hydrogen-bond donors (Lipinski definition) is 2. The molecule has 55 heavy (non-hydrogen) atoms. The number of pyridine rings is 1. The number of amides is 3. The highest BCUT2D eigenvalue weighted by atomic mass is 32.1. The monoisotopic (exact) mass is 801 g/mol. The maximum Gasteiger partial charge on any atom is 0.425 e. The number of aliphatic hydroxyl groups is 1. The Bertz CT molecular complexity index is 1820. The number of likely N-dealkylation sites (tertiary alicyclic amines) is 1. The summed E-state index contributed by atoms with van der Waals surface area (Å²) in [6.45, 7) is 1.57. The second-order valence-corrected chi connectivity index (χ2v) is 13.8. The van der Waals surface area contributed by atoms with E-state index >= 15 is 0 Å². The number of hydrogen-bond acceptors (Lipinski definition) is 10. The van der Waals surface area contributed by atoms with Gasteiger partial charge in [0.25, 0.3) is 17.7 Å². The van der Waals surface area contributed by atoms with Gasteiger partial charge in [-0.2, -0.15) is 26.3 Å². The lowest BCUT2D eigenvalue weighted by Crippen LogP contribution is -2.69. The van der Waals surface area contributed by atoms with Crippen molar-refractivity contribution in [3.05, 3.63) is 64.0 Å². The van der Waals surface area contributed by atoms with E-state index in [1.165, 1.54) is 11.9 Å². The Morgan fingerprint density at radius 1 is 1.02 bits per heavy atom. The first-order valence-electron chi connectivity index (χ1n) is 17.6. The topological polar surface area (TPSA) is 134 Å². The van der Waals surface area contributed by atoms with E-state index in [2.05, 4.69) is 10.3 Å². The third-order valence-corrected chi connectivity index (χ3v) is 10.3. The Labute approximate surface area is 316 Å². The van der Waals surface area contributed by atoms with Gasteiger partial charge in [0.1, 0.15) is 28.5 Å². The molecule has 3 amide bonds. The molecule has 2 aliphatic rings. The summed E-state index contributed by atoms with van der Waals surface area (Å²) in [5.41, 5.74) is -3.65. The van der Waals surface area contributed by atoms with Crippen LogP contribution >= 0.6 is 11.3 Å². The zero-order valence-corrected chi connectivity index (χ0v) is 30.9. The van der Waals surface area contributed by atoms with Crippen molar-refractivity contribution < 1.29 is 60.0 Å². The number of piperidine rings is 1. The van der Waals surface area contributed by atoms with Gasteiger partial charge in [-0.3, -0.25) is 14.4 Å². The van der Waals surface area contributed by atoms with Gasteiger partial charge >= 0.3 is 12.4 Å². The van der Waals surface area contributed by atoms with Gasteiger partial charge in [-0.1, -0.05) is 25.5 Å². The van der Waals surface area contributed by atoms with Crippen LogP contribution in [0.4, 0.5) is 32.0 Å². The largest absolute Gasteiger partial charge is 0.489 e. The predicted molar refractivity (Wildman–Crippen MR) is 188 cm³/mol. The molecule has 2 saturated heterocycles. The first-order valence-corrected chi connectivity index (χ1v) is 18.4. The molecule has 19 heteroatoms. The average molecular weight is 802 g/mol. The van der Waals surface area contributed by atoms with Gasteiger partial charge in [-0.15, -0.1) is 11.3 Å². The molecule has 2 aliphatic heterocycles. The summed E-state index contributed by atoms with van der Waals surface area (Å²) in [6, 6.07) is 7.26. The number of likely N-dealkylation sites (N-methyl/N-ethyl adjacent to an activating group) is 1. The number of halogens is 6. The molecule has 5 rings (SSSR count). The van der Waals surface area contributed by atoms with E-state index in [9.17, 15) is 45.8 Å². The molecule has 300 valence electrons. The van der Waals surface area contributed by atoms with Gasteiger partial charge in [-0.05, 0) is 31.0 Å². The minimum absolute atomic E-state index is 0.0271. The summed E-state index contributed by atoms with van der Waals surface area (Å²) in [5, 5.41) is 12.6. The number of alkyl halides is 6. The number of nitrogens with zero attached hydrogens (tertiary/aromatic N) is 4. The van der Waals surface area contributed by atoms with Gasteiger partial charge in [0.05, 0.1) is 23.9 Å². The van der Waals surface area contributed by atoms with Gasteiger partial charge in [-0.25, -0.2) is 4.98 Å². The first kappa shape index (κ1) is 41.4. The minimum Gasteiger partial charge on any atom is -0.489 e. The molecule has 1 aromatic carbocycles. The van der Waals surface area contributed by atoms with Crippen molar-refractivity contribution >= 4 is 34.7 Å². The number of aromatic nitrogens is 1. The van der Waals surface area contributed by atoms with E-state index in [1.807, 2.05) is 17.0 Å². The van der Waals surface area contributed by atoms with E-state index < -0.39 is 70.2 Å². The van der Waals surface area contributed by atoms with Crippen LogP contribution in [0.25, 0.3) is 0 Å². The summed E-state index contributed by atoms with van der Waals surface area (Å²) < 4.78 is 102. The average Bonchev–Trinajstić information content (AvgIpc) is 3.65. The highest BCUT2D eigenvalue weighted by Crippen LogP contribution is 2.44. The van der Waals surface area contributed by atoms with Crippen molar-refractivity contribution in [1.29, 1.82) is 0 Å². The lowest BCUT2D eigenvalue weighted by atomic mass is 9.79. The summed E-state index contributed by atoms with van der Waals surface area (Å²) in [4.78, 5) is 48.8. The number of thiophene rings is 1. The lowest BCUT2D eigenvalue weighted by Gasteiger charge is -2.51. The Morgan fingerprint density at radius 3 is 2.38 bits per heavy atom. The van der Waals surface area contributed by atoms with Crippen molar-refractivity contribution in [3.63, 3.8) is 0 Å². The Kier molecular flexibility index (Phi) is 13.1. The maximum absolute atomic E-state index is 14.9. The van der Waals surface area contributed by atoms with E-state index in [4.69, 9.17) is 14.2 Å². The summed E-state index contributed by atoms with van der Waals surface area (Å²) in [6.07, 6.45) is -8.67. The highest BCUT2D eigenvalue weighted by molar-refractivity contribution is 7.10. The molecular weight excluding hydrogens is 760 g/mol. The number of anilines is 1. The summed E-state index contributed by atoms with van der Waals surface area (Å²) in [7, 11) is 1.29. The molecule has 4 heterocycles.